The van der Waals surface area contributed by atoms with Crippen LogP contribution in [0.5, 0.6) is 0 Å². The fraction of sp³-hybridized carbons (Fsp3) is 0.769. The second-order valence-electron chi connectivity index (χ2n) is 5.35. The number of ether oxygens (including phenoxy) is 1. The molecule has 0 N–H and O–H groups in total. The number of hydrogen-bond acceptors (Lipinski definition) is 3. The largest absolute Gasteiger partial charge is 0.460 e. The Balaban J connectivity index is 4.29. The van der Waals surface area contributed by atoms with Gasteiger partial charge in [-0.05, 0) is 54.3 Å². The van der Waals surface area contributed by atoms with E-state index in [4.69, 9.17) is 4.74 Å². The first-order valence-corrected chi connectivity index (χ1v) is 5.74. The van der Waals surface area contributed by atoms with Gasteiger partial charge in [0.25, 0.3) is 0 Å². The minimum absolute atomic E-state index is 0.0703. The summed E-state index contributed by atoms with van der Waals surface area (Å²) in [5.41, 5.74) is -0.408. The lowest BCUT2D eigenvalue weighted by molar-refractivity contribution is -0.160. The third-order valence-electron chi connectivity index (χ3n) is 2.12. The van der Waals surface area contributed by atoms with Gasteiger partial charge in [0, 0.05) is 0 Å². The Kier molecular flexibility index (Phi) is 6.34. The third kappa shape index (κ3) is 7.46. The van der Waals surface area contributed by atoms with Crippen molar-refractivity contribution in [2.24, 2.45) is 5.92 Å². The van der Waals surface area contributed by atoms with E-state index in [0.717, 1.165) is 13.0 Å². The molecule has 0 bridgehead atoms. The number of nitrogens with zero attached hydrogens (tertiary/aromatic N) is 1. The fourth-order valence-corrected chi connectivity index (χ4v) is 1.33. The average Bonchev–Trinajstić information content (AvgIpc) is 2.08. The van der Waals surface area contributed by atoms with E-state index in [1.807, 2.05) is 34.9 Å². The first-order valence-electron chi connectivity index (χ1n) is 5.74. The van der Waals surface area contributed by atoms with Crippen LogP contribution in [0.25, 0.3) is 0 Å². The summed E-state index contributed by atoms with van der Waals surface area (Å²) in [5, 5.41) is 0. The standard InChI is InChI=1S/C13H25NO2/c1-7-8-11(9-10-14(5)6)12(15)16-13(2,3)4/h7,11H,1,8-10H2,2-6H3. The molecule has 3 nitrogen and oxygen atoms in total. The molecule has 0 heterocycles. The van der Waals surface area contributed by atoms with Gasteiger partial charge in [0.15, 0.2) is 0 Å². The van der Waals surface area contributed by atoms with E-state index in [0.29, 0.717) is 6.42 Å². The molecule has 0 aliphatic carbocycles. The first kappa shape index (κ1) is 15.2. The van der Waals surface area contributed by atoms with Crippen LogP contribution in [0.2, 0.25) is 0 Å². The molecule has 0 aromatic rings. The molecule has 0 rings (SSSR count). The maximum atomic E-state index is 11.9. The minimum Gasteiger partial charge on any atom is -0.460 e. The van der Waals surface area contributed by atoms with E-state index < -0.39 is 5.60 Å². The zero-order valence-electron chi connectivity index (χ0n) is 11.2. The van der Waals surface area contributed by atoms with E-state index in [9.17, 15) is 4.79 Å². The van der Waals surface area contributed by atoms with E-state index in [-0.39, 0.29) is 11.9 Å². The van der Waals surface area contributed by atoms with Gasteiger partial charge in [0.05, 0.1) is 5.92 Å². The van der Waals surface area contributed by atoms with E-state index >= 15 is 0 Å². The van der Waals surface area contributed by atoms with Gasteiger partial charge in [0.2, 0.25) is 0 Å². The topological polar surface area (TPSA) is 29.5 Å². The highest BCUT2D eigenvalue weighted by molar-refractivity contribution is 5.73. The summed E-state index contributed by atoms with van der Waals surface area (Å²) in [4.78, 5) is 13.9. The second kappa shape index (κ2) is 6.69. The molecule has 0 aliphatic heterocycles. The smallest absolute Gasteiger partial charge is 0.309 e. The molecule has 16 heavy (non-hydrogen) atoms. The van der Waals surface area contributed by atoms with Gasteiger partial charge in [-0.3, -0.25) is 4.79 Å². The maximum absolute atomic E-state index is 11.9. The SMILES string of the molecule is C=CCC(CCN(C)C)C(=O)OC(C)(C)C. The zero-order valence-corrected chi connectivity index (χ0v) is 11.2. The van der Waals surface area contributed by atoms with Crippen LogP contribution in [0.1, 0.15) is 33.6 Å². The highest BCUT2D eigenvalue weighted by Crippen LogP contribution is 2.17. The van der Waals surface area contributed by atoms with Gasteiger partial charge in [0.1, 0.15) is 5.60 Å². The van der Waals surface area contributed by atoms with Gasteiger partial charge in [-0.25, -0.2) is 0 Å². The monoisotopic (exact) mass is 227 g/mol. The van der Waals surface area contributed by atoms with Crippen molar-refractivity contribution >= 4 is 5.97 Å². The molecule has 3 heteroatoms. The summed E-state index contributed by atoms with van der Waals surface area (Å²) in [6.45, 7) is 10.2. The van der Waals surface area contributed by atoms with Gasteiger partial charge >= 0.3 is 5.97 Å². The number of esters is 1. The van der Waals surface area contributed by atoms with Crippen LogP contribution in [0.4, 0.5) is 0 Å². The molecule has 1 unspecified atom stereocenters. The van der Waals surface area contributed by atoms with Gasteiger partial charge in [-0.2, -0.15) is 0 Å². The molecular formula is C13H25NO2. The summed E-state index contributed by atoms with van der Waals surface area (Å²) < 4.78 is 5.38. The Hall–Kier alpha value is -0.830. The molecule has 0 spiro atoms. The third-order valence-corrected chi connectivity index (χ3v) is 2.12. The molecule has 0 radical (unpaired) electrons. The van der Waals surface area contributed by atoms with Crippen LogP contribution in [0, 0.1) is 5.92 Å². The normalized spacial score (nSPS) is 13.6. The predicted molar refractivity (Wildman–Crippen MR) is 67.3 cm³/mol. The Morgan fingerprint density at radius 2 is 2.00 bits per heavy atom. The predicted octanol–water partition coefficient (Wildman–Crippen LogP) is 2.47. The molecular weight excluding hydrogens is 202 g/mol. The van der Waals surface area contributed by atoms with Crippen molar-refractivity contribution in [1.29, 1.82) is 0 Å². The minimum atomic E-state index is -0.408. The Labute approximate surface area is 99.5 Å². The average molecular weight is 227 g/mol. The zero-order chi connectivity index (χ0) is 12.8. The Morgan fingerprint density at radius 1 is 1.44 bits per heavy atom. The van der Waals surface area contributed by atoms with Gasteiger partial charge in [-0.15, -0.1) is 6.58 Å². The van der Waals surface area contributed by atoms with Crippen LogP contribution < -0.4 is 0 Å². The summed E-state index contributed by atoms with van der Waals surface area (Å²) in [6.07, 6.45) is 3.28. The number of carbonyl (C=O) groups is 1. The Bertz CT molecular complexity index is 229. The van der Waals surface area contributed by atoms with Crippen molar-refractivity contribution in [2.75, 3.05) is 20.6 Å². The molecule has 0 saturated carbocycles. The molecule has 94 valence electrons. The Morgan fingerprint density at radius 3 is 2.38 bits per heavy atom. The quantitative estimate of drug-likeness (QED) is 0.516. The van der Waals surface area contributed by atoms with E-state index in [1.165, 1.54) is 0 Å². The fourth-order valence-electron chi connectivity index (χ4n) is 1.33. The number of hydrogen-bond donors (Lipinski definition) is 0. The summed E-state index contributed by atoms with van der Waals surface area (Å²) in [5.74, 6) is -0.187. The van der Waals surface area contributed by atoms with Crippen molar-refractivity contribution in [3.8, 4) is 0 Å². The van der Waals surface area contributed by atoms with Crippen LogP contribution in [-0.4, -0.2) is 37.1 Å². The van der Waals surface area contributed by atoms with Crippen molar-refractivity contribution in [3.05, 3.63) is 12.7 Å². The van der Waals surface area contributed by atoms with Crippen LogP contribution >= 0.6 is 0 Å². The lowest BCUT2D eigenvalue weighted by Crippen LogP contribution is -2.30. The lowest BCUT2D eigenvalue weighted by atomic mass is 10.0. The van der Waals surface area contributed by atoms with Crippen molar-refractivity contribution in [2.45, 2.75) is 39.2 Å². The molecule has 0 saturated heterocycles. The molecule has 0 aliphatic rings. The first-order chi connectivity index (χ1) is 7.26. The van der Waals surface area contributed by atoms with Crippen molar-refractivity contribution in [1.82, 2.24) is 4.90 Å². The van der Waals surface area contributed by atoms with Crippen LogP contribution in [0.3, 0.4) is 0 Å². The van der Waals surface area contributed by atoms with E-state index in [2.05, 4.69) is 11.5 Å². The summed E-state index contributed by atoms with van der Waals surface area (Å²) >= 11 is 0. The highest BCUT2D eigenvalue weighted by atomic mass is 16.6. The van der Waals surface area contributed by atoms with Crippen LogP contribution in [-0.2, 0) is 9.53 Å². The van der Waals surface area contributed by atoms with Gasteiger partial charge < -0.3 is 9.64 Å². The van der Waals surface area contributed by atoms with E-state index in [1.54, 1.807) is 6.08 Å². The molecule has 0 amide bonds. The summed E-state index contributed by atoms with van der Waals surface area (Å²) in [7, 11) is 4.00. The summed E-state index contributed by atoms with van der Waals surface area (Å²) in [6, 6.07) is 0. The number of allylic oxidation sites excluding steroid dienone is 1. The van der Waals surface area contributed by atoms with Crippen molar-refractivity contribution in [3.63, 3.8) is 0 Å². The number of carbonyl (C=O) groups excluding carboxylic acids is 1. The number of rotatable bonds is 6. The molecule has 1 atom stereocenters. The molecule has 0 aromatic carbocycles. The second-order valence-corrected chi connectivity index (χ2v) is 5.35. The van der Waals surface area contributed by atoms with Gasteiger partial charge in [-0.1, -0.05) is 6.08 Å². The van der Waals surface area contributed by atoms with Crippen molar-refractivity contribution < 1.29 is 9.53 Å². The lowest BCUT2D eigenvalue weighted by Gasteiger charge is -2.24. The maximum Gasteiger partial charge on any atom is 0.309 e. The molecule has 0 fully saturated rings. The van der Waals surface area contributed by atoms with Crippen LogP contribution in [0.15, 0.2) is 12.7 Å². The highest BCUT2D eigenvalue weighted by Gasteiger charge is 2.23. The molecule has 0 aromatic heterocycles.